The van der Waals surface area contributed by atoms with E-state index in [4.69, 9.17) is 0 Å². The van der Waals surface area contributed by atoms with Crippen molar-refractivity contribution in [2.24, 2.45) is 4.99 Å². The molecule has 1 aromatic carbocycles. The molecule has 0 saturated carbocycles. The number of isocyanates is 1. The van der Waals surface area contributed by atoms with E-state index in [1.54, 1.807) is 0 Å². The zero-order chi connectivity index (χ0) is 15.5. The van der Waals surface area contributed by atoms with Gasteiger partial charge in [0.05, 0.1) is 9.82 Å². The van der Waals surface area contributed by atoms with Crippen molar-refractivity contribution in [3.05, 3.63) is 34.4 Å². The molecule has 21 heavy (non-hydrogen) atoms. The van der Waals surface area contributed by atoms with Crippen molar-refractivity contribution >= 4 is 21.8 Å². The van der Waals surface area contributed by atoms with Crippen molar-refractivity contribution in [2.45, 2.75) is 30.3 Å². The van der Waals surface area contributed by atoms with Gasteiger partial charge in [0.15, 0.2) is 0 Å². The molecule has 1 aliphatic rings. The van der Waals surface area contributed by atoms with Gasteiger partial charge in [0.25, 0.3) is 5.69 Å². The van der Waals surface area contributed by atoms with Crippen LogP contribution in [0.3, 0.4) is 0 Å². The summed E-state index contributed by atoms with van der Waals surface area (Å²) < 4.78 is 26.2. The van der Waals surface area contributed by atoms with E-state index in [9.17, 15) is 23.3 Å². The van der Waals surface area contributed by atoms with Crippen LogP contribution in [-0.2, 0) is 14.8 Å². The van der Waals surface area contributed by atoms with Gasteiger partial charge in [-0.15, -0.1) is 0 Å². The van der Waals surface area contributed by atoms with Crippen LogP contribution in [0.1, 0.15) is 19.3 Å². The summed E-state index contributed by atoms with van der Waals surface area (Å²) in [5, 5.41) is 10.8. The van der Waals surface area contributed by atoms with Gasteiger partial charge in [0, 0.05) is 18.7 Å². The predicted molar refractivity (Wildman–Crippen MR) is 72.7 cm³/mol. The van der Waals surface area contributed by atoms with E-state index in [0.717, 1.165) is 16.8 Å². The van der Waals surface area contributed by atoms with E-state index in [2.05, 4.69) is 4.99 Å². The van der Waals surface area contributed by atoms with Crippen molar-refractivity contribution in [3.63, 3.8) is 0 Å². The lowest BCUT2D eigenvalue weighted by atomic mass is 10.1. The molecule has 112 valence electrons. The van der Waals surface area contributed by atoms with Gasteiger partial charge in [-0.05, 0) is 25.3 Å². The van der Waals surface area contributed by atoms with Crippen LogP contribution in [0.2, 0.25) is 0 Å². The van der Waals surface area contributed by atoms with E-state index < -0.39 is 21.1 Å². The second-order valence-corrected chi connectivity index (χ2v) is 6.46. The van der Waals surface area contributed by atoms with Crippen LogP contribution in [0, 0.1) is 10.1 Å². The van der Waals surface area contributed by atoms with Crippen LogP contribution in [-0.4, -0.2) is 36.4 Å². The quantitative estimate of drug-likeness (QED) is 0.361. The Hall–Kier alpha value is -2.09. The molecule has 0 amide bonds. The number of nitro benzene ring substituents is 1. The summed E-state index contributed by atoms with van der Waals surface area (Å²) in [6.45, 7) is 0.223. The van der Waals surface area contributed by atoms with Gasteiger partial charge in [-0.3, -0.25) is 10.1 Å². The van der Waals surface area contributed by atoms with Gasteiger partial charge >= 0.3 is 0 Å². The van der Waals surface area contributed by atoms with Crippen LogP contribution in [0.4, 0.5) is 5.69 Å². The minimum Gasteiger partial charge on any atom is -0.258 e. The summed E-state index contributed by atoms with van der Waals surface area (Å²) >= 11 is 0. The first-order valence-corrected chi connectivity index (χ1v) is 7.74. The summed E-state index contributed by atoms with van der Waals surface area (Å²) in [5.74, 6) is 0. The fourth-order valence-corrected chi connectivity index (χ4v) is 3.88. The van der Waals surface area contributed by atoms with Gasteiger partial charge in [0.2, 0.25) is 16.1 Å². The Morgan fingerprint density at radius 2 is 2.14 bits per heavy atom. The third kappa shape index (κ3) is 3.15. The molecule has 2 rings (SSSR count). The van der Waals surface area contributed by atoms with E-state index in [0.29, 0.717) is 12.8 Å². The van der Waals surface area contributed by atoms with Crippen LogP contribution in [0.5, 0.6) is 0 Å². The number of nitrogens with zero attached hydrogens (tertiary/aromatic N) is 3. The molecule has 1 unspecified atom stereocenters. The number of benzene rings is 1. The fourth-order valence-electron chi connectivity index (χ4n) is 2.25. The third-order valence-electron chi connectivity index (χ3n) is 3.26. The topological polar surface area (TPSA) is 110 Å². The molecule has 1 atom stereocenters. The minimum atomic E-state index is -3.93. The number of hydrogen-bond donors (Lipinski definition) is 0. The maximum Gasteiger partial charge on any atom is 0.270 e. The molecular weight excluding hydrogens is 298 g/mol. The summed E-state index contributed by atoms with van der Waals surface area (Å²) in [7, 11) is -3.93. The van der Waals surface area contributed by atoms with E-state index in [1.807, 2.05) is 0 Å². The standard InChI is InChI=1S/C12H13N3O5S/c16-9-13-12-6-1-2-7-14(12)21(19,20)11-5-3-4-10(8-11)15(17)18/h3-5,8,12H,1-2,6-7H2. The normalized spacial score (nSPS) is 19.7. The molecule has 1 saturated heterocycles. The maximum atomic E-state index is 12.6. The number of sulfonamides is 1. The second kappa shape index (κ2) is 6.13. The lowest BCUT2D eigenvalue weighted by Crippen LogP contribution is -2.42. The predicted octanol–water partition coefficient (Wildman–Crippen LogP) is 1.43. The molecule has 8 nitrogen and oxygen atoms in total. The van der Waals surface area contributed by atoms with Gasteiger partial charge in [-0.25, -0.2) is 13.2 Å². The van der Waals surface area contributed by atoms with Crippen molar-refractivity contribution in [1.29, 1.82) is 0 Å². The second-order valence-electron chi connectivity index (χ2n) is 4.57. The highest BCUT2D eigenvalue weighted by Gasteiger charge is 2.34. The average molecular weight is 311 g/mol. The van der Waals surface area contributed by atoms with E-state index in [-0.39, 0.29) is 17.1 Å². The zero-order valence-electron chi connectivity index (χ0n) is 11.0. The van der Waals surface area contributed by atoms with E-state index in [1.165, 1.54) is 24.3 Å². The lowest BCUT2D eigenvalue weighted by molar-refractivity contribution is -0.385. The van der Waals surface area contributed by atoms with Crippen LogP contribution in [0.25, 0.3) is 0 Å². The number of non-ortho nitro benzene ring substituents is 1. The van der Waals surface area contributed by atoms with Gasteiger partial charge in [-0.2, -0.15) is 9.30 Å². The Kier molecular flexibility index (Phi) is 4.46. The molecule has 1 heterocycles. The number of aliphatic imine (C=N–C) groups is 1. The zero-order valence-corrected chi connectivity index (χ0v) is 11.8. The molecule has 9 heteroatoms. The molecular formula is C12H13N3O5S. The van der Waals surface area contributed by atoms with E-state index >= 15 is 0 Å². The molecule has 1 aromatic rings. The average Bonchev–Trinajstić information content (AvgIpc) is 2.48. The molecule has 0 spiro atoms. The lowest BCUT2D eigenvalue weighted by Gasteiger charge is -2.30. The van der Waals surface area contributed by atoms with Crippen LogP contribution < -0.4 is 0 Å². The van der Waals surface area contributed by atoms with Crippen LogP contribution in [0.15, 0.2) is 34.2 Å². The molecule has 1 fully saturated rings. The summed E-state index contributed by atoms with van der Waals surface area (Å²) in [5.41, 5.74) is -0.302. The minimum absolute atomic E-state index is 0.176. The number of hydrogen-bond acceptors (Lipinski definition) is 6. The van der Waals surface area contributed by atoms with Crippen molar-refractivity contribution in [2.75, 3.05) is 6.54 Å². The van der Waals surface area contributed by atoms with Gasteiger partial charge in [0.1, 0.15) is 6.17 Å². The SMILES string of the molecule is O=C=NC1CCCCN1S(=O)(=O)c1cccc([N+](=O)[O-])c1. The molecule has 0 aliphatic carbocycles. The molecule has 1 aliphatic heterocycles. The number of rotatable bonds is 4. The van der Waals surface area contributed by atoms with Crippen molar-refractivity contribution in [3.8, 4) is 0 Å². The number of piperidine rings is 1. The Labute approximate surface area is 121 Å². The summed E-state index contributed by atoms with van der Waals surface area (Å²) in [6.07, 6.45) is 2.44. The first-order chi connectivity index (χ1) is 9.96. The highest BCUT2D eigenvalue weighted by molar-refractivity contribution is 7.89. The van der Waals surface area contributed by atoms with Crippen molar-refractivity contribution in [1.82, 2.24) is 4.31 Å². The smallest absolute Gasteiger partial charge is 0.258 e. The van der Waals surface area contributed by atoms with Crippen LogP contribution >= 0.6 is 0 Å². The molecule has 0 bridgehead atoms. The Bertz CT molecular complexity index is 697. The molecule has 0 N–H and O–H groups in total. The molecule has 0 radical (unpaired) electrons. The number of carbonyl (C=O) groups excluding carboxylic acids is 1. The summed E-state index contributed by atoms with van der Waals surface area (Å²) in [4.78, 5) is 23.9. The largest absolute Gasteiger partial charge is 0.270 e. The fraction of sp³-hybridized carbons (Fsp3) is 0.417. The van der Waals surface area contributed by atoms with Gasteiger partial charge in [-0.1, -0.05) is 6.07 Å². The third-order valence-corrected chi connectivity index (χ3v) is 5.15. The molecule has 0 aromatic heterocycles. The maximum absolute atomic E-state index is 12.6. The number of nitro groups is 1. The highest BCUT2D eigenvalue weighted by Crippen LogP contribution is 2.27. The monoisotopic (exact) mass is 311 g/mol. The Morgan fingerprint density at radius 1 is 1.38 bits per heavy atom. The first-order valence-electron chi connectivity index (χ1n) is 6.30. The summed E-state index contributed by atoms with van der Waals surface area (Å²) in [6, 6.07) is 4.83. The Morgan fingerprint density at radius 3 is 2.81 bits per heavy atom. The van der Waals surface area contributed by atoms with Crippen molar-refractivity contribution < 1.29 is 18.1 Å². The Balaban J connectivity index is 2.42. The van der Waals surface area contributed by atoms with Gasteiger partial charge < -0.3 is 0 Å². The highest BCUT2D eigenvalue weighted by atomic mass is 32.2. The first kappa shape index (κ1) is 15.3.